The highest BCUT2D eigenvalue weighted by atomic mass is 16.4. The molecular weight excluding hydrogens is 340 g/mol. The fraction of sp³-hybridized carbons (Fsp3) is 0.111. The fourth-order valence-electron chi connectivity index (χ4n) is 2.47. The Balaban J connectivity index is 1.91. The first-order valence-electron chi connectivity index (χ1n) is 7.53. The molecule has 8 nitrogen and oxygen atoms in total. The molecule has 0 aliphatic carbocycles. The first-order chi connectivity index (χ1) is 12.3. The van der Waals surface area contributed by atoms with E-state index in [2.05, 4.69) is 0 Å². The number of urea groups is 1. The monoisotopic (exact) mass is 353 g/mol. The fourth-order valence-corrected chi connectivity index (χ4v) is 2.47. The lowest BCUT2D eigenvalue weighted by Crippen LogP contribution is -2.52. The maximum absolute atomic E-state index is 12.2. The molecule has 8 heteroatoms. The van der Waals surface area contributed by atoms with Crippen molar-refractivity contribution in [3.8, 4) is 11.3 Å². The van der Waals surface area contributed by atoms with E-state index in [4.69, 9.17) is 4.42 Å². The first-order valence-corrected chi connectivity index (χ1v) is 7.53. The van der Waals surface area contributed by atoms with Crippen molar-refractivity contribution in [1.82, 2.24) is 9.80 Å². The van der Waals surface area contributed by atoms with Crippen molar-refractivity contribution in [2.24, 2.45) is 0 Å². The van der Waals surface area contributed by atoms with Gasteiger partial charge < -0.3 is 14.3 Å². The van der Waals surface area contributed by atoms with Gasteiger partial charge in [0.05, 0.1) is 5.97 Å². The highest BCUT2D eigenvalue weighted by Crippen LogP contribution is 2.25. The molecule has 0 unspecified atom stereocenters. The van der Waals surface area contributed by atoms with Gasteiger partial charge in [0.25, 0.3) is 11.8 Å². The molecule has 132 valence electrons. The molecule has 0 saturated carbocycles. The molecule has 0 bridgehead atoms. The third kappa shape index (κ3) is 2.88. The van der Waals surface area contributed by atoms with Gasteiger partial charge in [-0.05, 0) is 23.8 Å². The molecule has 1 aliphatic heterocycles. The van der Waals surface area contributed by atoms with Crippen molar-refractivity contribution in [3.05, 3.63) is 53.3 Å². The van der Waals surface area contributed by atoms with Crippen LogP contribution in [0.5, 0.6) is 0 Å². The highest BCUT2D eigenvalue weighted by Gasteiger charge is 2.38. The molecule has 0 spiro atoms. The lowest BCUT2D eigenvalue weighted by molar-refractivity contribution is -0.255. The maximum atomic E-state index is 12.2. The van der Waals surface area contributed by atoms with E-state index in [9.17, 15) is 24.3 Å². The van der Waals surface area contributed by atoms with Crippen LogP contribution in [0.15, 0.2) is 46.4 Å². The normalized spacial score (nSPS) is 14.8. The molecule has 1 fully saturated rings. The molecule has 2 heterocycles. The van der Waals surface area contributed by atoms with E-state index in [1.54, 1.807) is 24.3 Å². The average Bonchev–Trinajstić information content (AvgIpc) is 3.10. The standard InChI is InChI=1S/C18H14N2O6/c1-19-15(21)13(16(22)20(2)18(19)25)9-12-7-8-14(26-12)10-3-5-11(6-4-10)17(23)24/h3-9H,1-2H3,(H,23,24)/p-1. The van der Waals surface area contributed by atoms with Crippen LogP contribution in [0.2, 0.25) is 0 Å². The van der Waals surface area contributed by atoms with Gasteiger partial charge in [-0.25, -0.2) is 4.79 Å². The van der Waals surface area contributed by atoms with Crippen molar-refractivity contribution in [3.63, 3.8) is 0 Å². The van der Waals surface area contributed by atoms with Gasteiger partial charge in [-0.1, -0.05) is 24.3 Å². The van der Waals surface area contributed by atoms with Crippen LogP contribution in [0.3, 0.4) is 0 Å². The lowest BCUT2D eigenvalue weighted by Gasteiger charge is -2.28. The summed E-state index contributed by atoms with van der Waals surface area (Å²) in [4.78, 5) is 48.5. The molecule has 4 amide bonds. The van der Waals surface area contributed by atoms with Crippen LogP contribution < -0.4 is 5.11 Å². The summed E-state index contributed by atoms with van der Waals surface area (Å²) >= 11 is 0. The summed E-state index contributed by atoms with van der Waals surface area (Å²) in [5.41, 5.74) is 0.463. The van der Waals surface area contributed by atoms with Crippen molar-refractivity contribution in [1.29, 1.82) is 0 Å². The third-order valence-electron chi connectivity index (χ3n) is 3.96. The van der Waals surface area contributed by atoms with E-state index in [0.29, 0.717) is 11.3 Å². The number of benzene rings is 1. The first kappa shape index (κ1) is 17.2. The summed E-state index contributed by atoms with van der Waals surface area (Å²) in [6, 6.07) is 8.36. The van der Waals surface area contributed by atoms with Gasteiger partial charge in [-0.3, -0.25) is 19.4 Å². The number of carboxylic acids is 1. The smallest absolute Gasteiger partial charge is 0.333 e. The summed E-state index contributed by atoms with van der Waals surface area (Å²) in [5.74, 6) is -2.03. The van der Waals surface area contributed by atoms with Crippen LogP contribution >= 0.6 is 0 Å². The molecule has 0 N–H and O–H groups in total. The number of furan rings is 1. The number of carboxylic acid groups (broad SMARTS) is 1. The van der Waals surface area contributed by atoms with E-state index in [1.807, 2.05) is 0 Å². The van der Waals surface area contributed by atoms with Crippen LogP contribution in [0.4, 0.5) is 4.79 Å². The Hall–Kier alpha value is -3.68. The second-order valence-electron chi connectivity index (χ2n) is 5.64. The topological polar surface area (TPSA) is 111 Å². The van der Waals surface area contributed by atoms with Gasteiger partial charge in [0.15, 0.2) is 0 Å². The molecule has 1 aromatic carbocycles. The number of hydrogen-bond donors (Lipinski definition) is 0. The van der Waals surface area contributed by atoms with Crippen molar-refractivity contribution >= 4 is 29.9 Å². The Kier molecular flexibility index (Phi) is 4.17. The van der Waals surface area contributed by atoms with E-state index in [1.165, 1.54) is 32.3 Å². The Morgan fingerprint density at radius 3 is 2.08 bits per heavy atom. The zero-order valence-electron chi connectivity index (χ0n) is 13.9. The van der Waals surface area contributed by atoms with Crippen LogP contribution in [0, 0.1) is 0 Å². The summed E-state index contributed by atoms with van der Waals surface area (Å²) in [7, 11) is 2.57. The zero-order chi connectivity index (χ0) is 19.0. The summed E-state index contributed by atoms with van der Waals surface area (Å²) in [5, 5.41) is 10.8. The van der Waals surface area contributed by atoms with E-state index in [-0.39, 0.29) is 16.9 Å². The SMILES string of the molecule is CN1C(=O)C(=Cc2ccc(-c3ccc(C(=O)[O-])cc3)o2)C(=O)N(C)C1=O. The van der Waals surface area contributed by atoms with Crippen LogP contribution in [-0.2, 0) is 9.59 Å². The number of carbonyl (C=O) groups is 4. The number of amides is 4. The van der Waals surface area contributed by atoms with Crippen molar-refractivity contribution in [2.75, 3.05) is 14.1 Å². The molecule has 26 heavy (non-hydrogen) atoms. The van der Waals surface area contributed by atoms with Gasteiger partial charge >= 0.3 is 6.03 Å². The van der Waals surface area contributed by atoms with Crippen LogP contribution in [0.1, 0.15) is 16.1 Å². The highest BCUT2D eigenvalue weighted by molar-refractivity contribution is 6.30. The quantitative estimate of drug-likeness (QED) is 0.594. The molecule has 1 saturated heterocycles. The van der Waals surface area contributed by atoms with Gasteiger partial charge in [-0.2, -0.15) is 0 Å². The predicted molar refractivity (Wildman–Crippen MR) is 87.4 cm³/mol. The minimum absolute atomic E-state index is 0.0387. The lowest BCUT2D eigenvalue weighted by atomic mass is 10.1. The van der Waals surface area contributed by atoms with Gasteiger partial charge in [-0.15, -0.1) is 0 Å². The van der Waals surface area contributed by atoms with Crippen molar-refractivity contribution in [2.45, 2.75) is 0 Å². The zero-order valence-corrected chi connectivity index (χ0v) is 13.9. The van der Waals surface area contributed by atoms with E-state index in [0.717, 1.165) is 9.80 Å². The molecule has 3 rings (SSSR count). The minimum Gasteiger partial charge on any atom is -0.545 e. The Labute approximate surface area is 147 Å². The van der Waals surface area contributed by atoms with E-state index >= 15 is 0 Å². The summed E-state index contributed by atoms with van der Waals surface area (Å²) < 4.78 is 5.60. The summed E-state index contributed by atoms with van der Waals surface area (Å²) in [6.07, 6.45) is 1.27. The Morgan fingerprint density at radius 1 is 0.962 bits per heavy atom. The Bertz CT molecular complexity index is 928. The van der Waals surface area contributed by atoms with Gasteiger partial charge in [0, 0.05) is 19.7 Å². The number of nitrogens with zero attached hydrogens (tertiary/aromatic N) is 2. The number of carbonyl (C=O) groups excluding carboxylic acids is 4. The Morgan fingerprint density at radius 2 is 1.54 bits per heavy atom. The predicted octanol–water partition coefficient (Wildman–Crippen LogP) is 0.744. The number of barbiturate groups is 1. The average molecular weight is 353 g/mol. The maximum Gasteiger partial charge on any atom is 0.333 e. The molecule has 1 aliphatic rings. The second kappa shape index (κ2) is 6.32. The molecular formula is C18H13N2O6-. The second-order valence-corrected chi connectivity index (χ2v) is 5.64. The van der Waals surface area contributed by atoms with Crippen LogP contribution in [-0.4, -0.2) is 47.7 Å². The van der Waals surface area contributed by atoms with Gasteiger partial charge in [0.1, 0.15) is 17.1 Å². The molecule has 0 radical (unpaired) electrons. The molecule has 0 atom stereocenters. The third-order valence-corrected chi connectivity index (χ3v) is 3.96. The van der Waals surface area contributed by atoms with Crippen LogP contribution in [0.25, 0.3) is 17.4 Å². The molecule has 2 aromatic rings. The minimum atomic E-state index is -1.28. The van der Waals surface area contributed by atoms with Crippen molar-refractivity contribution < 1.29 is 28.7 Å². The van der Waals surface area contributed by atoms with E-state index < -0.39 is 23.8 Å². The number of aromatic carboxylic acids is 1. The number of likely N-dealkylation sites (N-methyl/N-ethyl adjacent to an activating group) is 2. The number of rotatable bonds is 3. The number of hydrogen-bond acceptors (Lipinski definition) is 6. The largest absolute Gasteiger partial charge is 0.545 e. The number of imide groups is 2. The molecule has 1 aromatic heterocycles. The summed E-state index contributed by atoms with van der Waals surface area (Å²) in [6.45, 7) is 0. The van der Waals surface area contributed by atoms with Gasteiger partial charge in [0.2, 0.25) is 0 Å².